The summed E-state index contributed by atoms with van der Waals surface area (Å²) in [5, 5.41) is 1.07. The average Bonchev–Trinajstić information content (AvgIpc) is 2.20. The van der Waals surface area contributed by atoms with Crippen LogP contribution in [0.25, 0.3) is 10.9 Å². The van der Waals surface area contributed by atoms with Gasteiger partial charge in [0.2, 0.25) is 0 Å². The highest BCUT2D eigenvalue weighted by molar-refractivity contribution is 14.1. The fourth-order valence-corrected chi connectivity index (χ4v) is 2.36. The highest BCUT2D eigenvalue weighted by atomic mass is 127. The van der Waals surface area contributed by atoms with Gasteiger partial charge in [-0.2, -0.15) is 0 Å². The summed E-state index contributed by atoms with van der Waals surface area (Å²) in [7, 11) is 0. The standard InChI is InChI=1S/C12H13IN2/c1-3-9-7(2)15-11-5-4-8(13)6-10(11)12(9)14/h4-6H,3H2,1-2H3,(H2,14,15). The van der Waals surface area contributed by atoms with Gasteiger partial charge in [0.15, 0.2) is 0 Å². The molecule has 2 aromatic rings. The normalized spacial score (nSPS) is 10.9. The van der Waals surface area contributed by atoms with E-state index < -0.39 is 0 Å². The number of benzene rings is 1. The Kier molecular flexibility index (Phi) is 2.82. The molecule has 2 rings (SSSR count). The van der Waals surface area contributed by atoms with E-state index >= 15 is 0 Å². The molecule has 0 amide bonds. The Morgan fingerprint density at radius 1 is 1.40 bits per heavy atom. The van der Waals surface area contributed by atoms with Gasteiger partial charge in [-0.1, -0.05) is 6.92 Å². The third-order valence-corrected chi connectivity index (χ3v) is 3.32. The van der Waals surface area contributed by atoms with Gasteiger partial charge in [0.05, 0.1) is 5.52 Å². The number of nitrogens with zero attached hydrogens (tertiary/aromatic N) is 1. The first kappa shape index (κ1) is 10.7. The van der Waals surface area contributed by atoms with Crippen molar-refractivity contribution in [2.45, 2.75) is 20.3 Å². The van der Waals surface area contributed by atoms with Crippen molar-refractivity contribution in [1.29, 1.82) is 0 Å². The first-order valence-electron chi connectivity index (χ1n) is 4.97. The lowest BCUT2D eigenvalue weighted by molar-refractivity contribution is 1.07. The molecule has 0 unspecified atom stereocenters. The number of rotatable bonds is 1. The first-order chi connectivity index (χ1) is 7.13. The number of nitrogen functional groups attached to an aromatic ring is 1. The molecule has 0 saturated heterocycles. The number of aryl methyl sites for hydroxylation is 1. The van der Waals surface area contributed by atoms with Gasteiger partial charge in [0.25, 0.3) is 0 Å². The highest BCUT2D eigenvalue weighted by Gasteiger charge is 2.08. The summed E-state index contributed by atoms with van der Waals surface area (Å²) in [6.07, 6.45) is 0.937. The van der Waals surface area contributed by atoms with Crippen molar-refractivity contribution in [2.75, 3.05) is 5.73 Å². The number of halogens is 1. The van der Waals surface area contributed by atoms with Gasteiger partial charge in [0, 0.05) is 20.3 Å². The van der Waals surface area contributed by atoms with Crippen molar-refractivity contribution < 1.29 is 0 Å². The Hall–Kier alpha value is -0.840. The Morgan fingerprint density at radius 3 is 2.80 bits per heavy atom. The van der Waals surface area contributed by atoms with Crippen LogP contribution in [0.3, 0.4) is 0 Å². The third kappa shape index (κ3) is 1.80. The average molecular weight is 312 g/mol. The van der Waals surface area contributed by atoms with Crippen LogP contribution in [0.4, 0.5) is 5.69 Å². The van der Waals surface area contributed by atoms with Crippen LogP contribution in [0.5, 0.6) is 0 Å². The quantitative estimate of drug-likeness (QED) is 0.821. The Labute approximate surface area is 103 Å². The summed E-state index contributed by atoms with van der Waals surface area (Å²) in [4.78, 5) is 4.57. The van der Waals surface area contributed by atoms with Crippen LogP contribution in [0.1, 0.15) is 18.2 Å². The monoisotopic (exact) mass is 312 g/mol. The van der Waals surface area contributed by atoms with Gasteiger partial charge in [0.1, 0.15) is 0 Å². The third-order valence-electron chi connectivity index (χ3n) is 2.65. The van der Waals surface area contributed by atoms with Gasteiger partial charge in [-0.3, -0.25) is 4.98 Å². The van der Waals surface area contributed by atoms with Crippen LogP contribution in [0.2, 0.25) is 0 Å². The van der Waals surface area contributed by atoms with Crippen molar-refractivity contribution in [1.82, 2.24) is 4.98 Å². The molecule has 0 aliphatic carbocycles. The van der Waals surface area contributed by atoms with Crippen molar-refractivity contribution in [3.8, 4) is 0 Å². The van der Waals surface area contributed by atoms with E-state index in [1.165, 1.54) is 9.13 Å². The lowest BCUT2D eigenvalue weighted by Crippen LogP contribution is -2.00. The number of nitrogens with two attached hydrogens (primary N) is 1. The largest absolute Gasteiger partial charge is 0.398 e. The van der Waals surface area contributed by atoms with Crippen LogP contribution in [-0.4, -0.2) is 4.98 Å². The molecular formula is C12H13IN2. The summed E-state index contributed by atoms with van der Waals surface area (Å²) in [5.74, 6) is 0. The second-order valence-electron chi connectivity index (χ2n) is 3.60. The minimum atomic E-state index is 0.888. The molecule has 0 atom stereocenters. The second-order valence-corrected chi connectivity index (χ2v) is 4.85. The summed E-state index contributed by atoms with van der Waals surface area (Å²) in [5.41, 5.74) is 10.2. The van der Waals surface area contributed by atoms with Crippen molar-refractivity contribution >= 4 is 39.2 Å². The summed E-state index contributed by atoms with van der Waals surface area (Å²) in [6.45, 7) is 4.13. The van der Waals surface area contributed by atoms with Crippen LogP contribution < -0.4 is 5.73 Å². The van der Waals surface area contributed by atoms with E-state index in [0.29, 0.717) is 0 Å². The molecule has 0 aliphatic rings. The van der Waals surface area contributed by atoms with Gasteiger partial charge in [-0.15, -0.1) is 0 Å². The first-order valence-corrected chi connectivity index (χ1v) is 6.05. The molecule has 78 valence electrons. The minimum Gasteiger partial charge on any atom is -0.398 e. The SMILES string of the molecule is CCc1c(C)nc2ccc(I)cc2c1N. The van der Waals surface area contributed by atoms with E-state index in [1.54, 1.807) is 0 Å². The lowest BCUT2D eigenvalue weighted by atomic mass is 10.0. The molecule has 15 heavy (non-hydrogen) atoms. The number of pyridine rings is 1. The number of anilines is 1. The molecule has 1 heterocycles. The zero-order valence-electron chi connectivity index (χ0n) is 8.84. The Balaban J connectivity index is 2.86. The van der Waals surface area contributed by atoms with Gasteiger partial charge in [-0.25, -0.2) is 0 Å². The minimum absolute atomic E-state index is 0.888. The maximum atomic E-state index is 6.16. The van der Waals surface area contributed by atoms with Crippen molar-refractivity contribution in [2.24, 2.45) is 0 Å². The number of aromatic nitrogens is 1. The van der Waals surface area contributed by atoms with Crippen LogP contribution in [0, 0.1) is 10.5 Å². The molecule has 1 aromatic heterocycles. The molecule has 2 nitrogen and oxygen atoms in total. The number of hydrogen-bond donors (Lipinski definition) is 1. The molecule has 0 spiro atoms. The molecule has 2 N–H and O–H groups in total. The Morgan fingerprint density at radius 2 is 2.13 bits per heavy atom. The molecule has 1 aromatic carbocycles. The predicted molar refractivity (Wildman–Crippen MR) is 73.0 cm³/mol. The number of hydrogen-bond acceptors (Lipinski definition) is 2. The Bertz CT molecular complexity index is 521. The van der Waals surface area contributed by atoms with E-state index in [-0.39, 0.29) is 0 Å². The van der Waals surface area contributed by atoms with E-state index in [9.17, 15) is 0 Å². The predicted octanol–water partition coefficient (Wildman–Crippen LogP) is 3.29. The summed E-state index contributed by atoms with van der Waals surface area (Å²) in [6, 6.07) is 6.18. The molecule has 0 bridgehead atoms. The van der Waals surface area contributed by atoms with Crippen molar-refractivity contribution in [3.05, 3.63) is 33.0 Å². The molecule has 0 fully saturated rings. The fourth-order valence-electron chi connectivity index (χ4n) is 1.87. The molecule has 0 saturated carbocycles. The van der Waals surface area contributed by atoms with E-state index in [2.05, 4.69) is 46.6 Å². The van der Waals surface area contributed by atoms with E-state index in [1.807, 2.05) is 13.0 Å². The fraction of sp³-hybridized carbons (Fsp3) is 0.250. The van der Waals surface area contributed by atoms with Gasteiger partial charge < -0.3 is 5.73 Å². The van der Waals surface area contributed by atoms with Crippen LogP contribution in [0.15, 0.2) is 18.2 Å². The number of fused-ring (bicyclic) bond motifs is 1. The molecule has 0 aliphatic heterocycles. The maximum absolute atomic E-state index is 6.16. The molecular weight excluding hydrogens is 299 g/mol. The zero-order valence-corrected chi connectivity index (χ0v) is 11.0. The maximum Gasteiger partial charge on any atom is 0.0726 e. The summed E-state index contributed by atoms with van der Waals surface area (Å²) >= 11 is 2.29. The molecule has 3 heteroatoms. The zero-order chi connectivity index (χ0) is 11.0. The van der Waals surface area contributed by atoms with E-state index in [0.717, 1.165) is 28.7 Å². The smallest absolute Gasteiger partial charge is 0.0726 e. The van der Waals surface area contributed by atoms with Crippen molar-refractivity contribution in [3.63, 3.8) is 0 Å². The topological polar surface area (TPSA) is 38.9 Å². The van der Waals surface area contributed by atoms with Crippen LogP contribution in [-0.2, 0) is 6.42 Å². The van der Waals surface area contributed by atoms with Crippen LogP contribution >= 0.6 is 22.6 Å². The molecule has 0 radical (unpaired) electrons. The second kappa shape index (κ2) is 3.96. The summed E-state index contributed by atoms with van der Waals surface area (Å²) < 4.78 is 1.19. The lowest BCUT2D eigenvalue weighted by Gasteiger charge is -2.10. The van der Waals surface area contributed by atoms with Gasteiger partial charge >= 0.3 is 0 Å². The van der Waals surface area contributed by atoms with E-state index in [4.69, 9.17) is 5.73 Å². The van der Waals surface area contributed by atoms with Gasteiger partial charge in [-0.05, 0) is 59.7 Å². The highest BCUT2D eigenvalue weighted by Crippen LogP contribution is 2.27.